The van der Waals surface area contributed by atoms with Gasteiger partial charge in [0.25, 0.3) is 0 Å². The average Bonchev–Trinajstić information content (AvgIpc) is 2.99. The molecule has 4 heteroatoms. The molecule has 0 amide bonds. The van der Waals surface area contributed by atoms with Crippen LogP contribution in [0.3, 0.4) is 0 Å². The third-order valence-electron chi connectivity index (χ3n) is 3.58. The first-order chi connectivity index (χ1) is 9.79. The van der Waals surface area contributed by atoms with Crippen LogP contribution in [-0.4, -0.2) is 21.7 Å². The molecule has 0 saturated carbocycles. The van der Waals surface area contributed by atoms with Gasteiger partial charge in [0.1, 0.15) is 12.2 Å². The maximum absolute atomic E-state index is 4.12. The first-order valence-electron chi connectivity index (χ1n) is 7.46. The normalized spacial score (nSPS) is 12.5. The van der Waals surface area contributed by atoms with Gasteiger partial charge in [0.2, 0.25) is 0 Å². The molecule has 0 radical (unpaired) electrons. The number of nitrogens with zero attached hydrogens (tertiary/aromatic N) is 2. The molecule has 1 aromatic carbocycles. The van der Waals surface area contributed by atoms with Crippen LogP contribution in [0.15, 0.2) is 30.6 Å². The first-order valence-corrected chi connectivity index (χ1v) is 7.46. The quantitative estimate of drug-likeness (QED) is 0.776. The smallest absolute Gasteiger partial charge is 0.137 e. The number of aryl methyl sites for hydroxylation is 1. The summed E-state index contributed by atoms with van der Waals surface area (Å²) in [6, 6.07) is 9.33. The number of aromatic nitrogens is 3. The molecule has 108 valence electrons. The topological polar surface area (TPSA) is 53.6 Å². The van der Waals surface area contributed by atoms with E-state index < -0.39 is 0 Å². The lowest BCUT2D eigenvalue weighted by atomic mass is 10.0. The van der Waals surface area contributed by atoms with Crippen LogP contribution >= 0.6 is 0 Å². The van der Waals surface area contributed by atoms with E-state index >= 15 is 0 Å². The second-order valence-electron chi connectivity index (χ2n) is 5.20. The van der Waals surface area contributed by atoms with Crippen molar-refractivity contribution in [3.05, 3.63) is 47.5 Å². The number of rotatable bonds is 8. The van der Waals surface area contributed by atoms with E-state index in [1.165, 1.54) is 30.4 Å². The number of H-pyrrole nitrogens is 1. The molecule has 0 saturated heterocycles. The van der Waals surface area contributed by atoms with Gasteiger partial charge in [-0.05, 0) is 30.9 Å². The largest absolute Gasteiger partial charge is 0.310 e. The maximum atomic E-state index is 4.12. The number of hydrogen-bond donors (Lipinski definition) is 2. The van der Waals surface area contributed by atoms with Gasteiger partial charge in [0, 0.05) is 19.0 Å². The zero-order valence-corrected chi connectivity index (χ0v) is 12.4. The Morgan fingerprint density at radius 2 is 2.00 bits per heavy atom. The molecule has 0 bridgehead atoms. The van der Waals surface area contributed by atoms with Gasteiger partial charge in [-0.25, -0.2) is 4.98 Å². The van der Waals surface area contributed by atoms with E-state index in [0.29, 0.717) is 6.04 Å². The highest BCUT2D eigenvalue weighted by molar-refractivity contribution is 5.24. The Hall–Kier alpha value is -1.68. The lowest BCUT2D eigenvalue weighted by Crippen LogP contribution is -2.21. The van der Waals surface area contributed by atoms with Gasteiger partial charge in [-0.2, -0.15) is 5.10 Å². The van der Waals surface area contributed by atoms with E-state index in [0.717, 1.165) is 18.8 Å². The number of unbranched alkanes of at least 4 members (excludes halogenated alkanes) is 1. The van der Waals surface area contributed by atoms with Crippen molar-refractivity contribution < 1.29 is 0 Å². The third kappa shape index (κ3) is 4.46. The van der Waals surface area contributed by atoms with Crippen LogP contribution in [0.4, 0.5) is 0 Å². The highest BCUT2D eigenvalue weighted by Gasteiger charge is 2.05. The fourth-order valence-corrected chi connectivity index (χ4v) is 2.23. The van der Waals surface area contributed by atoms with Crippen molar-refractivity contribution in [2.24, 2.45) is 0 Å². The fourth-order valence-electron chi connectivity index (χ4n) is 2.23. The molecule has 2 aromatic rings. The molecule has 0 aliphatic carbocycles. The van der Waals surface area contributed by atoms with Crippen LogP contribution in [0.5, 0.6) is 0 Å². The van der Waals surface area contributed by atoms with Crippen molar-refractivity contribution in [1.82, 2.24) is 20.5 Å². The van der Waals surface area contributed by atoms with Crippen molar-refractivity contribution in [1.29, 1.82) is 0 Å². The van der Waals surface area contributed by atoms with E-state index in [9.17, 15) is 0 Å². The molecule has 0 aliphatic rings. The number of nitrogens with one attached hydrogen (secondary N) is 2. The van der Waals surface area contributed by atoms with Gasteiger partial charge in [0.15, 0.2) is 0 Å². The molecule has 20 heavy (non-hydrogen) atoms. The van der Waals surface area contributed by atoms with Crippen LogP contribution < -0.4 is 5.32 Å². The zero-order valence-electron chi connectivity index (χ0n) is 12.4. The summed E-state index contributed by atoms with van der Waals surface area (Å²) in [5, 5.41) is 10.2. The number of benzene rings is 1. The Labute approximate surface area is 121 Å². The monoisotopic (exact) mass is 272 g/mol. The molecule has 4 nitrogen and oxygen atoms in total. The standard InChI is InChI=1S/C16H24N4/c1-3-4-5-14-6-8-15(9-7-14)13(2)17-11-10-16-18-12-19-20-16/h6-9,12-13,17H,3-5,10-11H2,1-2H3,(H,18,19,20). The number of hydrogen-bond acceptors (Lipinski definition) is 3. The molecule has 2 N–H and O–H groups in total. The summed E-state index contributed by atoms with van der Waals surface area (Å²) in [5.74, 6) is 0.930. The summed E-state index contributed by atoms with van der Waals surface area (Å²) in [6.45, 7) is 5.32. The molecular formula is C16H24N4. The molecule has 0 aliphatic heterocycles. The second kappa shape index (κ2) is 7.80. The summed E-state index contributed by atoms with van der Waals surface area (Å²) >= 11 is 0. The van der Waals surface area contributed by atoms with E-state index in [2.05, 4.69) is 58.6 Å². The Kier molecular flexibility index (Phi) is 5.74. The zero-order chi connectivity index (χ0) is 14.2. The van der Waals surface area contributed by atoms with Gasteiger partial charge in [-0.15, -0.1) is 0 Å². The van der Waals surface area contributed by atoms with Crippen LogP contribution in [0.25, 0.3) is 0 Å². The Morgan fingerprint density at radius 1 is 1.20 bits per heavy atom. The van der Waals surface area contributed by atoms with Gasteiger partial charge in [0.05, 0.1) is 0 Å². The Morgan fingerprint density at radius 3 is 2.65 bits per heavy atom. The van der Waals surface area contributed by atoms with Crippen molar-refractivity contribution in [2.75, 3.05) is 6.54 Å². The minimum atomic E-state index is 0.359. The number of aromatic amines is 1. The van der Waals surface area contributed by atoms with Crippen LogP contribution in [-0.2, 0) is 12.8 Å². The van der Waals surface area contributed by atoms with Gasteiger partial charge in [-0.1, -0.05) is 37.6 Å². The summed E-state index contributed by atoms with van der Waals surface area (Å²) in [7, 11) is 0. The van der Waals surface area contributed by atoms with E-state index in [1.54, 1.807) is 6.33 Å². The minimum Gasteiger partial charge on any atom is -0.310 e. The third-order valence-corrected chi connectivity index (χ3v) is 3.58. The second-order valence-corrected chi connectivity index (χ2v) is 5.20. The molecule has 2 rings (SSSR count). The molecule has 1 heterocycles. The van der Waals surface area contributed by atoms with Crippen LogP contribution in [0.1, 0.15) is 49.7 Å². The van der Waals surface area contributed by atoms with E-state index in [-0.39, 0.29) is 0 Å². The van der Waals surface area contributed by atoms with Crippen LogP contribution in [0, 0.1) is 0 Å². The molecule has 0 spiro atoms. The highest BCUT2D eigenvalue weighted by atomic mass is 15.2. The molecule has 1 aromatic heterocycles. The van der Waals surface area contributed by atoms with Gasteiger partial charge >= 0.3 is 0 Å². The van der Waals surface area contributed by atoms with Crippen molar-refractivity contribution in [3.63, 3.8) is 0 Å². The summed E-state index contributed by atoms with van der Waals surface area (Å²) in [4.78, 5) is 4.12. The summed E-state index contributed by atoms with van der Waals surface area (Å²) in [5.41, 5.74) is 2.77. The molecular weight excluding hydrogens is 248 g/mol. The summed E-state index contributed by atoms with van der Waals surface area (Å²) < 4.78 is 0. The van der Waals surface area contributed by atoms with Crippen LogP contribution in [0.2, 0.25) is 0 Å². The first kappa shape index (κ1) is 14.7. The lowest BCUT2D eigenvalue weighted by Gasteiger charge is -2.14. The van der Waals surface area contributed by atoms with Gasteiger partial charge in [-0.3, -0.25) is 5.10 Å². The van der Waals surface area contributed by atoms with Gasteiger partial charge < -0.3 is 5.32 Å². The summed E-state index contributed by atoms with van der Waals surface area (Å²) in [6.07, 6.45) is 6.13. The molecule has 0 fully saturated rings. The predicted octanol–water partition coefficient (Wildman–Crippen LogP) is 3.04. The lowest BCUT2D eigenvalue weighted by molar-refractivity contribution is 0.570. The van der Waals surface area contributed by atoms with Crippen molar-refractivity contribution in [2.45, 2.75) is 45.6 Å². The molecule has 1 unspecified atom stereocenters. The highest BCUT2D eigenvalue weighted by Crippen LogP contribution is 2.14. The Bertz CT molecular complexity index is 476. The SMILES string of the molecule is CCCCc1ccc(C(C)NCCc2ncn[nH]2)cc1. The average molecular weight is 272 g/mol. The van der Waals surface area contributed by atoms with Crippen molar-refractivity contribution in [3.8, 4) is 0 Å². The predicted molar refractivity (Wildman–Crippen MR) is 81.6 cm³/mol. The molecule has 1 atom stereocenters. The maximum Gasteiger partial charge on any atom is 0.137 e. The van der Waals surface area contributed by atoms with Crippen molar-refractivity contribution >= 4 is 0 Å². The van der Waals surface area contributed by atoms with E-state index in [1.807, 2.05) is 0 Å². The van der Waals surface area contributed by atoms with E-state index in [4.69, 9.17) is 0 Å². The minimum absolute atomic E-state index is 0.359. The fraction of sp³-hybridized carbons (Fsp3) is 0.500. The Balaban J connectivity index is 1.78.